The third-order valence-electron chi connectivity index (χ3n) is 4.55. The summed E-state index contributed by atoms with van der Waals surface area (Å²) in [5.74, 6) is 0.780. The summed E-state index contributed by atoms with van der Waals surface area (Å²) in [5, 5.41) is 3.75. The van der Waals surface area contributed by atoms with Crippen LogP contribution < -0.4 is 5.32 Å². The van der Waals surface area contributed by atoms with Crippen LogP contribution in [0.5, 0.6) is 0 Å². The van der Waals surface area contributed by atoms with Crippen molar-refractivity contribution < 1.29 is 0 Å². The highest BCUT2D eigenvalue weighted by Crippen LogP contribution is 2.27. The molecule has 1 aliphatic heterocycles. The van der Waals surface area contributed by atoms with E-state index in [1.165, 1.54) is 19.4 Å². The molecule has 1 N–H and O–H groups in total. The third kappa shape index (κ3) is 2.78. The highest BCUT2D eigenvalue weighted by Gasteiger charge is 2.38. The molecule has 0 saturated carbocycles. The summed E-state index contributed by atoms with van der Waals surface area (Å²) in [6, 6.07) is 1.32. The first-order chi connectivity index (χ1) is 7.44. The molecule has 3 atom stereocenters. The Bertz CT molecular complexity index is 215. The van der Waals surface area contributed by atoms with Crippen LogP contribution >= 0.6 is 0 Å². The number of rotatable bonds is 4. The minimum atomic E-state index is 0.345. The summed E-state index contributed by atoms with van der Waals surface area (Å²) in [7, 11) is 0. The fourth-order valence-electron chi connectivity index (χ4n) is 2.78. The van der Waals surface area contributed by atoms with Gasteiger partial charge in [-0.25, -0.2) is 0 Å². The largest absolute Gasteiger partial charge is 0.311 e. The molecule has 1 heterocycles. The summed E-state index contributed by atoms with van der Waals surface area (Å²) in [6.45, 7) is 16.4. The normalized spacial score (nSPS) is 34.3. The third-order valence-corrected chi connectivity index (χ3v) is 4.55. The lowest BCUT2D eigenvalue weighted by Crippen LogP contribution is -2.66. The van der Waals surface area contributed by atoms with Crippen LogP contribution in [-0.2, 0) is 0 Å². The minimum absolute atomic E-state index is 0.345. The molecule has 16 heavy (non-hydrogen) atoms. The fourth-order valence-corrected chi connectivity index (χ4v) is 2.78. The van der Waals surface area contributed by atoms with E-state index in [9.17, 15) is 0 Å². The van der Waals surface area contributed by atoms with Crippen LogP contribution in [0.1, 0.15) is 54.4 Å². The predicted molar refractivity (Wildman–Crippen MR) is 71.8 cm³/mol. The zero-order chi connectivity index (χ0) is 12.3. The van der Waals surface area contributed by atoms with Crippen molar-refractivity contribution in [1.29, 1.82) is 0 Å². The Morgan fingerprint density at radius 2 is 1.94 bits per heavy atom. The highest BCUT2D eigenvalue weighted by molar-refractivity contribution is 4.97. The van der Waals surface area contributed by atoms with Crippen LogP contribution in [0.25, 0.3) is 0 Å². The van der Waals surface area contributed by atoms with Crippen LogP contribution in [0, 0.1) is 5.92 Å². The van der Waals surface area contributed by atoms with Gasteiger partial charge in [-0.2, -0.15) is 0 Å². The summed E-state index contributed by atoms with van der Waals surface area (Å²) in [6.07, 6.45) is 2.50. The molecule has 0 aliphatic carbocycles. The van der Waals surface area contributed by atoms with E-state index in [1.54, 1.807) is 0 Å². The van der Waals surface area contributed by atoms with E-state index in [0.29, 0.717) is 17.6 Å². The molecule has 0 spiro atoms. The maximum absolute atomic E-state index is 3.75. The number of hydrogen-bond donors (Lipinski definition) is 1. The van der Waals surface area contributed by atoms with Crippen LogP contribution in [-0.4, -0.2) is 35.6 Å². The quantitative estimate of drug-likeness (QED) is 0.793. The lowest BCUT2D eigenvalue weighted by molar-refractivity contribution is 0.0115. The molecule has 96 valence electrons. The number of piperazine rings is 1. The van der Waals surface area contributed by atoms with Gasteiger partial charge in [-0.05, 0) is 33.1 Å². The van der Waals surface area contributed by atoms with Crippen LogP contribution in [0.3, 0.4) is 0 Å². The SMILES string of the molecule is CCC(C)C1CN(C(C)C)C(C)(CC)CN1. The molecule has 2 nitrogen and oxygen atoms in total. The second-order valence-corrected chi connectivity index (χ2v) is 5.97. The molecule has 0 bridgehead atoms. The second kappa shape index (κ2) is 5.50. The van der Waals surface area contributed by atoms with Crippen molar-refractivity contribution in [1.82, 2.24) is 10.2 Å². The Hall–Kier alpha value is -0.0800. The van der Waals surface area contributed by atoms with E-state index in [0.717, 1.165) is 12.5 Å². The van der Waals surface area contributed by atoms with Crippen molar-refractivity contribution in [3.05, 3.63) is 0 Å². The Labute approximate surface area is 102 Å². The van der Waals surface area contributed by atoms with Gasteiger partial charge in [-0.1, -0.05) is 27.2 Å². The van der Waals surface area contributed by atoms with E-state index in [1.807, 2.05) is 0 Å². The molecule has 1 fully saturated rings. The number of nitrogens with one attached hydrogen (secondary N) is 1. The van der Waals surface area contributed by atoms with Gasteiger partial charge in [-0.15, -0.1) is 0 Å². The van der Waals surface area contributed by atoms with Gasteiger partial charge in [0.25, 0.3) is 0 Å². The molecule has 3 unspecified atom stereocenters. The molecular formula is C14H30N2. The molecule has 0 aromatic rings. The van der Waals surface area contributed by atoms with Gasteiger partial charge < -0.3 is 5.32 Å². The van der Waals surface area contributed by atoms with Crippen LogP contribution in [0.2, 0.25) is 0 Å². The standard InChI is InChI=1S/C14H30N2/c1-7-12(5)13-9-16(11(3)4)14(6,8-2)10-15-13/h11-13,15H,7-10H2,1-6H3. The van der Waals surface area contributed by atoms with Gasteiger partial charge >= 0.3 is 0 Å². The van der Waals surface area contributed by atoms with Crippen molar-refractivity contribution in [3.8, 4) is 0 Å². The summed E-state index contributed by atoms with van der Waals surface area (Å²) in [5.41, 5.74) is 0.345. The van der Waals surface area contributed by atoms with E-state index in [2.05, 4.69) is 51.8 Å². The van der Waals surface area contributed by atoms with Crippen molar-refractivity contribution >= 4 is 0 Å². The van der Waals surface area contributed by atoms with E-state index < -0.39 is 0 Å². The lowest BCUT2D eigenvalue weighted by atomic mass is 9.87. The number of nitrogens with zero attached hydrogens (tertiary/aromatic N) is 1. The Morgan fingerprint density at radius 1 is 1.31 bits per heavy atom. The predicted octanol–water partition coefficient (Wildman–Crippen LogP) is 2.88. The van der Waals surface area contributed by atoms with Crippen molar-refractivity contribution in [2.24, 2.45) is 5.92 Å². The Morgan fingerprint density at radius 3 is 2.38 bits per heavy atom. The molecule has 0 aromatic carbocycles. The topological polar surface area (TPSA) is 15.3 Å². The summed E-state index contributed by atoms with van der Waals surface area (Å²) in [4.78, 5) is 2.69. The highest BCUT2D eigenvalue weighted by atomic mass is 15.3. The first-order valence-electron chi connectivity index (χ1n) is 6.94. The van der Waals surface area contributed by atoms with Gasteiger partial charge in [0.05, 0.1) is 0 Å². The van der Waals surface area contributed by atoms with E-state index in [4.69, 9.17) is 0 Å². The molecule has 1 saturated heterocycles. The average molecular weight is 226 g/mol. The first-order valence-corrected chi connectivity index (χ1v) is 6.94. The van der Waals surface area contributed by atoms with Crippen LogP contribution in [0.15, 0.2) is 0 Å². The zero-order valence-electron chi connectivity index (χ0n) is 12.0. The monoisotopic (exact) mass is 226 g/mol. The van der Waals surface area contributed by atoms with Crippen molar-refractivity contribution in [3.63, 3.8) is 0 Å². The van der Waals surface area contributed by atoms with Gasteiger partial charge in [0.15, 0.2) is 0 Å². The second-order valence-electron chi connectivity index (χ2n) is 5.97. The van der Waals surface area contributed by atoms with Gasteiger partial charge in [-0.3, -0.25) is 4.90 Å². The maximum Gasteiger partial charge on any atom is 0.0306 e. The average Bonchev–Trinajstić information content (AvgIpc) is 2.28. The lowest BCUT2D eigenvalue weighted by Gasteiger charge is -2.51. The van der Waals surface area contributed by atoms with Gasteiger partial charge in [0.1, 0.15) is 0 Å². The van der Waals surface area contributed by atoms with Gasteiger partial charge in [0, 0.05) is 30.7 Å². The Balaban J connectivity index is 2.73. The fraction of sp³-hybridized carbons (Fsp3) is 1.00. The maximum atomic E-state index is 3.75. The Kier molecular flexibility index (Phi) is 4.81. The molecule has 2 heteroatoms. The van der Waals surface area contributed by atoms with Gasteiger partial charge in [0.2, 0.25) is 0 Å². The summed E-state index contributed by atoms with van der Waals surface area (Å²) < 4.78 is 0. The molecule has 1 rings (SSSR count). The molecule has 1 aliphatic rings. The first kappa shape index (κ1) is 14.0. The van der Waals surface area contributed by atoms with Crippen molar-refractivity contribution in [2.45, 2.75) is 72.0 Å². The zero-order valence-corrected chi connectivity index (χ0v) is 12.0. The van der Waals surface area contributed by atoms with Crippen LogP contribution in [0.4, 0.5) is 0 Å². The summed E-state index contributed by atoms with van der Waals surface area (Å²) >= 11 is 0. The minimum Gasteiger partial charge on any atom is -0.311 e. The van der Waals surface area contributed by atoms with E-state index >= 15 is 0 Å². The molecule has 0 radical (unpaired) electrons. The van der Waals surface area contributed by atoms with E-state index in [-0.39, 0.29) is 0 Å². The smallest absolute Gasteiger partial charge is 0.0306 e. The molecular weight excluding hydrogens is 196 g/mol. The molecule has 0 aromatic heterocycles. The van der Waals surface area contributed by atoms with Crippen molar-refractivity contribution in [2.75, 3.05) is 13.1 Å². The molecule has 0 amide bonds. The number of hydrogen-bond acceptors (Lipinski definition) is 2.